The Hall–Kier alpha value is -3.66. The summed E-state index contributed by atoms with van der Waals surface area (Å²) in [5.74, 6) is -0.0206. The molecule has 2 N–H and O–H groups in total. The molecule has 0 unspecified atom stereocenters. The maximum absolute atomic E-state index is 12.1. The minimum Gasteiger partial charge on any atom is -0.479 e. The van der Waals surface area contributed by atoms with Crippen LogP contribution in [-0.4, -0.2) is 24.6 Å². The molecule has 2 amide bonds. The number of carbonyl (C=O) groups excluding carboxylic acids is 2. The first-order chi connectivity index (χ1) is 12.1. The first kappa shape index (κ1) is 17.7. The van der Waals surface area contributed by atoms with E-state index in [-0.39, 0.29) is 12.5 Å². The Balaban J connectivity index is 1.94. The number of nitrogens with one attached hydrogen (secondary N) is 2. The maximum Gasteiger partial charge on any atom is 0.271 e. The molecule has 0 spiro atoms. The largest absolute Gasteiger partial charge is 0.479 e. The Kier molecular flexibility index (Phi) is 6.25. The molecule has 0 saturated carbocycles. The molecule has 0 saturated heterocycles. The molecule has 0 atom stereocenters. The van der Waals surface area contributed by atoms with E-state index in [9.17, 15) is 9.59 Å². The van der Waals surface area contributed by atoms with Crippen LogP contribution in [0.4, 0.5) is 5.69 Å². The summed E-state index contributed by atoms with van der Waals surface area (Å²) in [6.07, 6.45) is 1.49. The highest BCUT2D eigenvalue weighted by molar-refractivity contribution is 5.97. The van der Waals surface area contributed by atoms with Crippen LogP contribution in [0.5, 0.6) is 5.75 Å². The fourth-order valence-corrected chi connectivity index (χ4v) is 1.94. The van der Waals surface area contributed by atoms with E-state index in [1.54, 1.807) is 48.5 Å². The molecule has 7 heteroatoms. The number of nitriles is 1. The van der Waals surface area contributed by atoms with Gasteiger partial charge in [-0.2, -0.15) is 10.4 Å². The lowest BCUT2D eigenvalue weighted by Gasteiger charge is -2.04. The molecule has 0 bridgehead atoms. The Labute approximate surface area is 144 Å². The third-order valence-electron chi connectivity index (χ3n) is 3.01. The number of hydrazone groups is 1. The second kappa shape index (κ2) is 8.84. The fourth-order valence-electron chi connectivity index (χ4n) is 1.94. The number of rotatable bonds is 6. The summed E-state index contributed by atoms with van der Waals surface area (Å²) in [5, 5.41) is 15.0. The van der Waals surface area contributed by atoms with Crippen molar-refractivity contribution in [1.29, 1.82) is 5.26 Å². The van der Waals surface area contributed by atoms with E-state index in [0.717, 1.165) is 5.56 Å². The molecule has 0 aromatic heterocycles. The summed E-state index contributed by atoms with van der Waals surface area (Å²) < 4.78 is 5.14. The van der Waals surface area contributed by atoms with Crippen molar-refractivity contribution in [3.05, 3.63) is 59.7 Å². The smallest absolute Gasteiger partial charge is 0.271 e. The average molecular weight is 336 g/mol. The van der Waals surface area contributed by atoms with Crippen molar-refractivity contribution in [2.45, 2.75) is 6.92 Å². The van der Waals surface area contributed by atoms with Crippen molar-refractivity contribution < 1.29 is 14.3 Å². The molecule has 0 aliphatic heterocycles. The maximum atomic E-state index is 12.1. The van der Waals surface area contributed by atoms with Crippen LogP contribution in [-0.2, 0) is 4.79 Å². The zero-order chi connectivity index (χ0) is 18.1. The molecule has 0 heterocycles. The van der Waals surface area contributed by atoms with E-state index in [1.807, 2.05) is 6.07 Å². The molecular formula is C18H16N4O3. The molecular weight excluding hydrogens is 320 g/mol. The summed E-state index contributed by atoms with van der Waals surface area (Å²) in [7, 11) is 0. The van der Waals surface area contributed by atoms with Gasteiger partial charge in [-0.3, -0.25) is 9.59 Å². The second-order valence-electron chi connectivity index (χ2n) is 4.98. The van der Waals surface area contributed by atoms with Gasteiger partial charge in [-0.25, -0.2) is 5.43 Å². The first-order valence-electron chi connectivity index (χ1n) is 7.39. The minimum absolute atomic E-state index is 0.0129. The molecule has 0 aliphatic carbocycles. The minimum atomic E-state index is -0.391. The van der Waals surface area contributed by atoms with Crippen LogP contribution < -0.4 is 15.5 Å². The quantitative estimate of drug-likeness (QED) is 0.624. The van der Waals surface area contributed by atoms with Gasteiger partial charge in [-0.05, 0) is 48.0 Å². The normalized spacial score (nSPS) is 10.1. The van der Waals surface area contributed by atoms with Crippen LogP contribution in [0.2, 0.25) is 0 Å². The van der Waals surface area contributed by atoms with Crippen LogP contribution in [0.15, 0.2) is 53.6 Å². The van der Waals surface area contributed by atoms with E-state index < -0.39 is 5.91 Å². The first-order valence-corrected chi connectivity index (χ1v) is 7.39. The topological polar surface area (TPSA) is 104 Å². The number of nitrogens with zero attached hydrogens (tertiary/aromatic N) is 2. The van der Waals surface area contributed by atoms with Gasteiger partial charge in [0.2, 0.25) is 5.91 Å². The van der Waals surface area contributed by atoms with Crippen molar-refractivity contribution in [1.82, 2.24) is 5.43 Å². The van der Waals surface area contributed by atoms with Gasteiger partial charge in [0.15, 0.2) is 6.61 Å². The lowest BCUT2D eigenvalue weighted by Crippen LogP contribution is -2.18. The Bertz CT molecular complexity index is 823. The van der Waals surface area contributed by atoms with E-state index >= 15 is 0 Å². The Morgan fingerprint density at radius 3 is 2.68 bits per heavy atom. The van der Waals surface area contributed by atoms with Crippen molar-refractivity contribution >= 4 is 23.7 Å². The van der Waals surface area contributed by atoms with Gasteiger partial charge in [0.05, 0.1) is 6.21 Å². The van der Waals surface area contributed by atoms with E-state index in [1.165, 1.54) is 13.1 Å². The highest BCUT2D eigenvalue weighted by Crippen LogP contribution is 2.11. The third kappa shape index (κ3) is 5.80. The Morgan fingerprint density at radius 1 is 1.24 bits per heavy atom. The highest BCUT2D eigenvalue weighted by atomic mass is 16.5. The summed E-state index contributed by atoms with van der Waals surface area (Å²) in [5.41, 5.74) is 4.10. The summed E-state index contributed by atoms with van der Waals surface area (Å²) in [4.78, 5) is 23.1. The number of benzene rings is 2. The molecule has 2 aromatic carbocycles. The van der Waals surface area contributed by atoms with Crippen molar-refractivity contribution in [3.63, 3.8) is 0 Å². The average Bonchev–Trinajstić information content (AvgIpc) is 2.60. The molecule has 7 nitrogen and oxygen atoms in total. The van der Waals surface area contributed by atoms with Crippen molar-refractivity contribution in [3.8, 4) is 11.8 Å². The van der Waals surface area contributed by atoms with Crippen LogP contribution in [0, 0.1) is 11.3 Å². The van der Waals surface area contributed by atoms with Crippen LogP contribution in [0.25, 0.3) is 0 Å². The van der Waals surface area contributed by atoms with Gasteiger partial charge in [-0.15, -0.1) is 0 Å². The van der Waals surface area contributed by atoms with Gasteiger partial charge < -0.3 is 10.1 Å². The van der Waals surface area contributed by atoms with Crippen LogP contribution in [0.3, 0.4) is 0 Å². The van der Waals surface area contributed by atoms with Crippen molar-refractivity contribution in [2.75, 3.05) is 11.9 Å². The number of hydrogen-bond acceptors (Lipinski definition) is 5. The number of ether oxygens (including phenoxy) is 1. The number of carbonyl (C=O) groups is 2. The van der Waals surface area contributed by atoms with Crippen LogP contribution >= 0.6 is 0 Å². The molecule has 2 rings (SSSR count). The van der Waals surface area contributed by atoms with Gasteiger partial charge in [0.25, 0.3) is 5.91 Å². The number of anilines is 1. The van der Waals surface area contributed by atoms with E-state index in [0.29, 0.717) is 17.0 Å². The number of hydrogen-bond donors (Lipinski definition) is 2. The molecule has 0 radical (unpaired) electrons. The van der Waals surface area contributed by atoms with Gasteiger partial charge >= 0.3 is 0 Å². The molecule has 2 aromatic rings. The summed E-state index contributed by atoms with van der Waals surface area (Å²) >= 11 is 0. The lowest BCUT2D eigenvalue weighted by atomic mass is 10.2. The Morgan fingerprint density at radius 2 is 2.00 bits per heavy atom. The molecule has 0 aliphatic rings. The predicted molar refractivity (Wildman–Crippen MR) is 93.4 cm³/mol. The highest BCUT2D eigenvalue weighted by Gasteiger charge is 2.05. The standard InChI is InChI=1S/C18H16N4O3/c1-13(23)21-16-4-2-3-15(11-16)18(24)22-20-12-14-5-7-17(8-6-14)25-10-9-19/h2-8,11-12H,10H2,1H3,(H,21,23)(H,22,24)/b20-12-. The summed E-state index contributed by atoms with van der Waals surface area (Å²) in [6.45, 7) is 1.38. The zero-order valence-electron chi connectivity index (χ0n) is 13.5. The SMILES string of the molecule is CC(=O)Nc1cccc(C(=O)N/N=C\c2ccc(OCC#N)cc2)c1. The van der Waals surface area contributed by atoms with E-state index in [2.05, 4.69) is 15.8 Å². The predicted octanol–water partition coefficient (Wildman–Crippen LogP) is 2.31. The number of amides is 2. The lowest BCUT2D eigenvalue weighted by molar-refractivity contribution is -0.114. The fraction of sp³-hybridized carbons (Fsp3) is 0.111. The molecule has 0 fully saturated rings. The van der Waals surface area contributed by atoms with Gasteiger partial charge in [0.1, 0.15) is 11.8 Å². The second-order valence-corrected chi connectivity index (χ2v) is 4.98. The zero-order valence-corrected chi connectivity index (χ0v) is 13.5. The third-order valence-corrected chi connectivity index (χ3v) is 3.01. The van der Waals surface area contributed by atoms with Gasteiger partial charge in [-0.1, -0.05) is 6.07 Å². The van der Waals surface area contributed by atoms with Crippen LogP contribution in [0.1, 0.15) is 22.8 Å². The van der Waals surface area contributed by atoms with Gasteiger partial charge in [0, 0.05) is 18.2 Å². The monoisotopic (exact) mass is 336 g/mol. The molecule has 25 heavy (non-hydrogen) atoms. The van der Waals surface area contributed by atoms with Crippen molar-refractivity contribution in [2.24, 2.45) is 5.10 Å². The summed E-state index contributed by atoms with van der Waals surface area (Å²) in [6, 6.07) is 15.3. The van der Waals surface area contributed by atoms with E-state index in [4.69, 9.17) is 10.00 Å². The molecule has 126 valence electrons.